The number of β-lactam (4-membered cyclic amide) rings is 1. The predicted molar refractivity (Wildman–Crippen MR) is 137 cm³/mol. The van der Waals surface area contributed by atoms with Crippen molar-refractivity contribution < 1.29 is 33.4 Å². The Hall–Kier alpha value is -2.07. The van der Waals surface area contributed by atoms with Gasteiger partial charge in [0.25, 0.3) is 0 Å². The lowest BCUT2D eigenvalue weighted by molar-refractivity contribution is -0.203. The van der Waals surface area contributed by atoms with Gasteiger partial charge in [-0.1, -0.05) is 51.1 Å². The highest BCUT2D eigenvalue weighted by molar-refractivity contribution is 6.74. The van der Waals surface area contributed by atoms with E-state index in [2.05, 4.69) is 33.9 Å². The topological polar surface area (TPSA) is 102 Å². The molecular weight excluding hydrogens is 478 g/mol. The summed E-state index contributed by atoms with van der Waals surface area (Å²) in [5, 5.41) is 10.8. The van der Waals surface area contributed by atoms with Gasteiger partial charge in [0, 0.05) is 13.0 Å². The zero-order chi connectivity index (χ0) is 26.8. The Bertz CT molecular complexity index is 945. The molecule has 8 nitrogen and oxygen atoms in total. The molecule has 2 aliphatic rings. The number of carbonyl (C=O) groups is 3. The van der Waals surface area contributed by atoms with Gasteiger partial charge in [0.15, 0.2) is 14.1 Å². The molecule has 0 spiro atoms. The van der Waals surface area contributed by atoms with Crippen LogP contribution in [0.1, 0.15) is 52.5 Å². The third kappa shape index (κ3) is 5.74. The van der Waals surface area contributed by atoms with Crippen LogP contribution in [0.3, 0.4) is 0 Å². The van der Waals surface area contributed by atoms with E-state index in [-0.39, 0.29) is 17.4 Å². The van der Waals surface area contributed by atoms with Gasteiger partial charge >= 0.3 is 5.97 Å². The van der Waals surface area contributed by atoms with Crippen molar-refractivity contribution in [3.63, 3.8) is 0 Å². The number of carbonyl (C=O) groups excluding carboxylic acids is 3. The van der Waals surface area contributed by atoms with Crippen molar-refractivity contribution >= 4 is 26.0 Å². The Balaban J connectivity index is 1.83. The first-order valence-electron chi connectivity index (χ1n) is 12.7. The third-order valence-electron chi connectivity index (χ3n) is 8.08. The molecular formula is C27H41NO7Si. The summed E-state index contributed by atoms with van der Waals surface area (Å²) >= 11 is 0. The molecule has 0 aromatic heterocycles. The van der Waals surface area contributed by atoms with Crippen molar-refractivity contribution in [2.45, 2.75) is 96.2 Å². The Morgan fingerprint density at radius 3 is 2.39 bits per heavy atom. The summed E-state index contributed by atoms with van der Waals surface area (Å²) in [7, 11) is -0.710. The van der Waals surface area contributed by atoms with Gasteiger partial charge in [-0.15, -0.1) is 0 Å². The number of methoxy groups -OCH3 is 1. The van der Waals surface area contributed by atoms with Crippen LogP contribution in [0.25, 0.3) is 0 Å². The van der Waals surface area contributed by atoms with Gasteiger partial charge in [0.2, 0.25) is 12.1 Å². The second-order valence-electron chi connectivity index (χ2n) is 11.5. The van der Waals surface area contributed by atoms with E-state index in [9.17, 15) is 19.5 Å². The molecule has 1 saturated heterocycles. The molecule has 0 bridgehead atoms. The fourth-order valence-corrected chi connectivity index (χ4v) is 6.44. The van der Waals surface area contributed by atoms with Crippen molar-refractivity contribution in [3.05, 3.63) is 35.9 Å². The molecule has 9 heteroatoms. The molecule has 1 aliphatic carbocycles. The molecule has 36 heavy (non-hydrogen) atoms. The lowest BCUT2D eigenvalue weighted by Crippen LogP contribution is -2.73. The number of benzene rings is 1. The monoisotopic (exact) mass is 519 g/mol. The van der Waals surface area contributed by atoms with E-state index in [0.717, 1.165) is 16.9 Å². The Labute approximate surface area is 215 Å². The molecule has 1 aliphatic heterocycles. The number of aliphatic hydroxyl groups is 1. The van der Waals surface area contributed by atoms with Crippen LogP contribution in [0.15, 0.2) is 30.3 Å². The summed E-state index contributed by atoms with van der Waals surface area (Å²) in [5.41, 5.74) is 0.768. The van der Waals surface area contributed by atoms with Crippen LogP contribution >= 0.6 is 0 Å². The molecule has 0 radical (unpaired) electrons. The lowest BCUT2D eigenvalue weighted by Gasteiger charge is -2.55. The fraction of sp³-hybridized carbons (Fsp3) is 0.667. The first kappa shape index (κ1) is 28.5. The van der Waals surface area contributed by atoms with Gasteiger partial charge in [-0.3, -0.25) is 9.59 Å². The Morgan fingerprint density at radius 2 is 1.81 bits per heavy atom. The Kier molecular flexibility index (Phi) is 8.81. The SMILES string of the molecule is CO[C@H]1CCC[C@H]([C@@H]2[C@@H]([C@@H](C)O[Si](C)(C)C(C)(C)C)C(=O)N2C(O)C(=O)OCc2ccccc2)C1=O. The number of rotatable bonds is 9. The highest BCUT2D eigenvalue weighted by Crippen LogP contribution is 2.44. The number of aliphatic hydroxyl groups excluding tert-OH is 1. The lowest BCUT2D eigenvalue weighted by atomic mass is 9.69. The average molecular weight is 520 g/mol. The molecule has 1 aromatic carbocycles. The molecule has 1 aromatic rings. The van der Waals surface area contributed by atoms with Crippen molar-refractivity contribution in [2.75, 3.05) is 7.11 Å². The molecule has 200 valence electrons. The first-order chi connectivity index (χ1) is 16.8. The van der Waals surface area contributed by atoms with Crippen molar-refractivity contribution in [3.8, 4) is 0 Å². The number of likely N-dealkylation sites (tertiary alicyclic amines) is 1. The minimum Gasteiger partial charge on any atom is -0.457 e. The largest absolute Gasteiger partial charge is 0.457 e. The van der Waals surface area contributed by atoms with Gasteiger partial charge in [-0.2, -0.15) is 0 Å². The van der Waals surface area contributed by atoms with Crippen LogP contribution in [0.5, 0.6) is 0 Å². The summed E-state index contributed by atoms with van der Waals surface area (Å²) in [5.74, 6) is -2.60. The second kappa shape index (κ2) is 11.1. The highest BCUT2D eigenvalue weighted by atomic mass is 28.4. The number of amides is 1. The summed E-state index contributed by atoms with van der Waals surface area (Å²) in [6.07, 6.45) is -0.884. The predicted octanol–water partition coefficient (Wildman–Crippen LogP) is 3.67. The minimum absolute atomic E-state index is 0.0220. The van der Waals surface area contributed by atoms with Crippen LogP contribution < -0.4 is 0 Å². The summed E-state index contributed by atoms with van der Waals surface area (Å²) in [6.45, 7) is 12.4. The minimum atomic E-state index is -2.21. The maximum Gasteiger partial charge on any atom is 0.356 e. The number of hydrogen-bond donors (Lipinski definition) is 1. The maximum absolute atomic E-state index is 13.4. The van der Waals surface area contributed by atoms with E-state index >= 15 is 0 Å². The number of ether oxygens (including phenoxy) is 2. The van der Waals surface area contributed by atoms with Crippen LogP contribution in [0, 0.1) is 11.8 Å². The number of esters is 1. The maximum atomic E-state index is 13.4. The molecule has 1 saturated carbocycles. The zero-order valence-electron chi connectivity index (χ0n) is 22.5. The third-order valence-corrected chi connectivity index (χ3v) is 12.7. The van der Waals surface area contributed by atoms with Gasteiger partial charge < -0.3 is 23.9 Å². The number of nitrogens with zero attached hydrogens (tertiary/aromatic N) is 1. The Morgan fingerprint density at radius 1 is 1.17 bits per heavy atom. The molecule has 6 atom stereocenters. The second-order valence-corrected chi connectivity index (χ2v) is 16.2. The molecule has 1 heterocycles. The number of hydrogen-bond acceptors (Lipinski definition) is 7. The fourth-order valence-electron chi connectivity index (χ4n) is 5.01. The van der Waals surface area contributed by atoms with Crippen LogP contribution in [-0.2, 0) is 34.9 Å². The van der Waals surface area contributed by atoms with Crippen molar-refractivity contribution in [1.29, 1.82) is 0 Å². The van der Waals surface area contributed by atoms with E-state index in [0.29, 0.717) is 12.8 Å². The quantitative estimate of drug-likeness (QED) is 0.302. The van der Waals surface area contributed by atoms with E-state index in [1.54, 1.807) is 12.1 Å². The standard InChI is InChI=1S/C27H41NO7Si/c1-17(35-36(6,7)27(2,3)4)21-22(19-14-11-15-20(33-5)23(19)29)28(24(21)30)25(31)26(32)34-16-18-12-9-8-10-13-18/h8-10,12-13,17,19-22,25,31H,11,14-16H2,1-7H3/t17-,19-,20+,21-,22-,25?/m1/s1. The van der Waals surface area contributed by atoms with E-state index < -0.39 is 56.5 Å². The smallest absolute Gasteiger partial charge is 0.356 e. The number of Topliss-reactive ketones (excluding diaryl/α,β-unsaturated/α-hetero) is 1. The van der Waals surface area contributed by atoms with E-state index in [4.69, 9.17) is 13.9 Å². The van der Waals surface area contributed by atoms with Crippen LogP contribution in [0.2, 0.25) is 18.1 Å². The summed E-state index contributed by atoms with van der Waals surface area (Å²) in [6, 6.07) is 8.44. The zero-order valence-corrected chi connectivity index (χ0v) is 23.5. The van der Waals surface area contributed by atoms with Crippen molar-refractivity contribution in [1.82, 2.24) is 4.90 Å². The average Bonchev–Trinajstić information content (AvgIpc) is 2.81. The normalized spacial score (nSPS) is 26.8. The van der Waals surface area contributed by atoms with Gasteiger partial charge in [-0.05, 0) is 49.9 Å². The van der Waals surface area contributed by atoms with Crippen LogP contribution in [-0.4, -0.2) is 67.6 Å². The van der Waals surface area contributed by atoms with E-state index in [1.165, 1.54) is 7.11 Å². The van der Waals surface area contributed by atoms with Gasteiger partial charge in [0.1, 0.15) is 12.7 Å². The van der Waals surface area contributed by atoms with Gasteiger partial charge in [-0.25, -0.2) is 4.79 Å². The van der Waals surface area contributed by atoms with Crippen LogP contribution in [0.4, 0.5) is 0 Å². The summed E-state index contributed by atoms with van der Waals surface area (Å²) in [4.78, 5) is 40.6. The molecule has 1 amide bonds. The molecule has 3 rings (SSSR count). The molecule has 1 N–H and O–H groups in total. The van der Waals surface area contributed by atoms with Gasteiger partial charge in [0.05, 0.1) is 18.1 Å². The number of ketones is 1. The van der Waals surface area contributed by atoms with Crippen molar-refractivity contribution in [2.24, 2.45) is 11.8 Å². The first-order valence-corrected chi connectivity index (χ1v) is 15.7. The highest BCUT2D eigenvalue weighted by Gasteiger charge is 2.60. The van der Waals surface area contributed by atoms with E-state index in [1.807, 2.05) is 25.1 Å². The molecule has 2 fully saturated rings. The summed E-state index contributed by atoms with van der Waals surface area (Å²) < 4.78 is 17.2. The molecule has 1 unspecified atom stereocenters.